The van der Waals surface area contributed by atoms with Gasteiger partial charge in [0.1, 0.15) is 0 Å². The van der Waals surface area contributed by atoms with Crippen molar-refractivity contribution in [2.45, 2.75) is 13.5 Å². The van der Waals surface area contributed by atoms with Gasteiger partial charge in [0.15, 0.2) is 0 Å². The molecule has 0 aliphatic heterocycles. The number of ether oxygens (including phenoxy) is 2. The molecule has 0 bridgehead atoms. The van der Waals surface area contributed by atoms with Crippen LogP contribution >= 0.6 is 15.9 Å². The van der Waals surface area contributed by atoms with Crippen LogP contribution < -0.4 is 0 Å². The largest absolute Gasteiger partial charge is 0.379 e. The molecule has 132 valence electrons. The lowest BCUT2D eigenvalue weighted by molar-refractivity contribution is -0.384. The van der Waals surface area contributed by atoms with Gasteiger partial charge in [-0.2, -0.15) is 0 Å². The van der Waals surface area contributed by atoms with Crippen LogP contribution in [0.15, 0.2) is 40.9 Å². The average molecular weight is 407 g/mol. The number of fused-ring (bicyclic) bond motifs is 3. The molecule has 0 spiro atoms. The van der Waals surface area contributed by atoms with E-state index >= 15 is 0 Å². The molecule has 3 aromatic rings. The molecule has 7 heteroatoms. The van der Waals surface area contributed by atoms with Crippen molar-refractivity contribution < 1.29 is 14.4 Å². The molecule has 6 nitrogen and oxygen atoms in total. The fraction of sp³-hybridized carbons (Fsp3) is 0.333. The third-order valence-corrected chi connectivity index (χ3v) is 4.55. The van der Waals surface area contributed by atoms with E-state index in [1.165, 1.54) is 0 Å². The molecule has 25 heavy (non-hydrogen) atoms. The highest BCUT2D eigenvalue weighted by atomic mass is 79.9. The van der Waals surface area contributed by atoms with Gasteiger partial charge in [-0.05, 0) is 31.2 Å². The summed E-state index contributed by atoms with van der Waals surface area (Å²) in [6, 6.07) is 11.0. The Kier molecular flexibility index (Phi) is 5.67. The van der Waals surface area contributed by atoms with Gasteiger partial charge < -0.3 is 14.0 Å². The molecule has 0 radical (unpaired) electrons. The highest BCUT2D eigenvalue weighted by Crippen LogP contribution is 2.33. The van der Waals surface area contributed by atoms with Crippen molar-refractivity contribution in [3.05, 3.63) is 51.0 Å². The molecule has 0 unspecified atom stereocenters. The molecule has 0 aliphatic rings. The molecule has 1 aromatic heterocycles. The number of non-ortho nitro benzene ring substituents is 1. The Morgan fingerprint density at radius 2 is 1.72 bits per heavy atom. The van der Waals surface area contributed by atoms with E-state index in [-0.39, 0.29) is 10.6 Å². The number of benzene rings is 2. The zero-order chi connectivity index (χ0) is 17.8. The molecule has 0 saturated heterocycles. The van der Waals surface area contributed by atoms with Crippen LogP contribution in [0.1, 0.15) is 6.92 Å². The standard InChI is InChI=1S/C18H19BrN2O4/c1-2-24-9-10-25-8-7-20-17-5-3-13(19)11-15(17)16-12-14(21(22)23)4-6-18(16)20/h3-6,11-12H,2,7-10H2,1H3. The van der Waals surface area contributed by atoms with E-state index in [4.69, 9.17) is 9.47 Å². The number of rotatable bonds is 8. The molecule has 1 heterocycles. The predicted octanol–water partition coefficient (Wildman–Crippen LogP) is 4.52. The van der Waals surface area contributed by atoms with Gasteiger partial charge in [0.25, 0.3) is 5.69 Å². The SMILES string of the molecule is CCOCCOCCn1c2ccc(Br)cc2c2cc([N+](=O)[O-])ccc21. The lowest BCUT2D eigenvalue weighted by Gasteiger charge is -2.08. The molecular weight excluding hydrogens is 388 g/mol. The summed E-state index contributed by atoms with van der Waals surface area (Å²) < 4.78 is 14.0. The molecule has 0 saturated carbocycles. The van der Waals surface area contributed by atoms with Crippen LogP contribution in [0.5, 0.6) is 0 Å². The first-order valence-corrected chi connectivity index (χ1v) is 8.92. The topological polar surface area (TPSA) is 66.5 Å². The first kappa shape index (κ1) is 17.8. The number of nitro benzene ring substituents is 1. The molecule has 0 amide bonds. The van der Waals surface area contributed by atoms with Crippen LogP contribution in [-0.4, -0.2) is 35.9 Å². The molecule has 0 atom stereocenters. The molecule has 0 aliphatic carbocycles. The summed E-state index contributed by atoms with van der Waals surface area (Å²) in [5.41, 5.74) is 2.10. The first-order chi connectivity index (χ1) is 12.1. The van der Waals surface area contributed by atoms with Crippen molar-refractivity contribution in [1.29, 1.82) is 0 Å². The third-order valence-electron chi connectivity index (χ3n) is 4.06. The number of nitrogens with zero attached hydrogens (tertiary/aromatic N) is 2. The zero-order valence-corrected chi connectivity index (χ0v) is 15.5. The van der Waals surface area contributed by atoms with Gasteiger partial charge in [-0.1, -0.05) is 15.9 Å². The number of aromatic nitrogens is 1. The van der Waals surface area contributed by atoms with Crippen molar-refractivity contribution >= 4 is 43.4 Å². The van der Waals surface area contributed by atoms with Gasteiger partial charge in [-0.3, -0.25) is 10.1 Å². The van der Waals surface area contributed by atoms with E-state index in [0.29, 0.717) is 33.0 Å². The first-order valence-electron chi connectivity index (χ1n) is 8.13. The third kappa shape index (κ3) is 3.84. The molecule has 0 fully saturated rings. The Morgan fingerprint density at radius 1 is 1.04 bits per heavy atom. The van der Waals surface area contributed by atoms with E-state index in [9.17, 15) is 10.1 Å². The van der Waals surface area contributed by atoms with E-state index in [0.717, 1.165) is 26.3 Å². The Morgan fingerprint density at radius 3 is 2.44 bits per heavy atom. The van der Waals surface area contributed by atoms with E-state index in [1.54, 1.807) is 12.1 Å². The van der Waals surface area contributed by atoms with Gasteiger partial charge in [-0.25, -0.2) is 0 Å². The van der Waals surface area contributed by atoms with Crippen molar-refractivity contribution in [1.82, 2.24) is 4.57 Å². The van der Waals surface area contributed by atoms with E-state index in [2.05, 4.69) is 20.5 Å². The van der Waals surface area contributed by atoms with Crippen molar-refractivity contribution in [2.75, 3.05) is 26.4 Å². The normalized spacial score (nSPS) is 11.4. The average Bonchev–Trinajstić information content (AvgIpc) is 2.90. The number of nitro groups is 1. The lowest BCUT2D eigenvalue weighted by atomic mass is 10.1. The summed E-state index contributed by atoms with van der Waals surface area (Å²) in [4.78, 5) is 10.7. The lowest BCUT2D eigenvalue weighted by Crippen LogP contribution is -2.09. The Bertz CT molecular complexity index is 907. The van der Waals surface area contributed by atoms with Crippen LogP contribution in [0.3, 0.4) is 0 Å². The van der Waals surface area contributed by atoms with Crippen LogP contribution in [0.4, 0.5) is 5.69 Å². The molecular formula is C18H19BrN2O4. The van der Waals surface area contributed by atoms with Crippen molar-refractivity contribution in [3.8, 4) is 0 Å². The van der Waals surface area contributed by atoms with Gasteiger partial charge in [0, 0.05) is 51.6 Å². The van der Waals surface area contributed by atoms with E-state index in [1.807, 2.05) is 31.2 Å². The van der Waals surface area contributed by atoms with Crippen molar-refractivity contribution in [3.63, 3.8) is 0 Å². The Labute approximate surface area is 153 Å². The maximum absolute atomic E-state index is 11.1. The van der Waals surface area contributed by atoms with Gasteiger partial charge in [0.05, 0.1) is 24.7 Å². The summed E-state index contributed by atoms with van der Waals surface area (Å²) in [7, 11) is 0. The van der Waals surface area contributed by atoms with Crippen LogP contribution in [0.2, 0.25) is 0 Å². The number of halogens is 1. The second-order valence-corrected chi connectivity index (χ2v) is 6.50. The summed E-state index contributed by atoms with van der Waals surface area (Å²) in [5.74, 6) is 0. The van der Waals surface area contributed by atoms with Crippen LogP contribution in [0, 0.1) is 10.1 Å². The fourth-order valence-corrected chi connectivity index (χ4v) is 3.30. The molecule has 0 N–H and O–H groups in total. The summed E-state index contributed by atoms with van der Waals surface area (Å²) in [6.07, 6.45) is 0. The second kappa shape index (κ2) is 7.95. The number of hydrogen-bond donors (Lipinski definition) is 0. The maximum atomic E-state index is 11.1. The minimum Gasteiger partial charge on any atom is -0.379 e. The summed E-state index contributed by atoms with van der Waals surface area (Å²) >= 11 is 3.48. The Balaban J connectivity index is 1.94. The highest BCUT2D eigenvalue weighted by molar-refractivity contribution is 9.10. The smallest absolute Gasteiger partial charge is 0.270 e. The van der Waals surface area contributed by atoms with Crippen LogP contribution in [-0.2, 0) is 16.0 Å². The van der Waals surface area contributed by atoms with Gasteiger partial charge >= 0.3 is 0 Å². The van der Waals surface area contributed by atoms with E-state index < -0.39 is 0 Å². The zero-order valence-electron chi connectivity index (χ0n) is 13.9. The second-order valence-electron chi connectivity index (χ2n) is 5.58. The van der Waals surface area contributed by atoms with Gasteiger partial charge in [-0.15, -0.1) is 0 Å². The maximum Gasteiger partial charge on any atom is 0.270 e. The fourth-order valence-electron chi connectivity index (χ4n) is 2.94. The summed E-state index contributed by atoms with van der Waals surface area (Å²) in [5, 5.41) is 13.0. The quantitative estimate of drug-likeness (QED) is 0.313. The minimum atomic E-state index is -0.364. The highest BCUT2D eigenvalue weighted by Gasteiger charge is 2.15. The molecule has 2 aromatic carbocycles. The minimum absolute atomic E-state index is 0.0967. The monoisotopic (exact) mass is 406 g/mol. The van der Waals surface area contributed by atoms with Gasteiger partial charge in [0.2, 0.25) is 0 Å². The summed E-state index contributed by atoms with van der Waals surface area (Å²) in [6.45, 7) is 5.01. The predicted molar refractivity (Wildman–Crippen MR) is 101 cm³/mol. The Hall–Kier alpha value is -1.96. The molecule has 3 rings (SSSR count). The van der Waals surface area contributed by atoms with Crippen LogP contribution in [0.25, 0.3) is 21.8 Å². The number of hydrogen-bond acceptors (Lipinski definition) is 4. The van der Waals surface area contributed by atoms with Crippen molar-refractivity contribution in [2.24, 2.45) is 0 Å².